The van der Waals surface area contributed by atoms with E-state index in [-0.39, 0.29) is 29.3 Å². The number of phenols is 3. The van der Waals surface area contributed by atoms with Crippen LogP contribution in [-0.2, 0) is 17.8 Å². The highest BCUT2D eigenvalue weighted by Crippen LogP contribution is 2.53. The van der Waals surface area contributed by atoms with Crippen LogP contribution < -0.4 is 4.74 Å². The lowest BCUT2D eigenvalue weighted by molar-refractivity contribution is -0.154. The summed E-state index contributed by atoms with van der Waals surface area (Å²) in [6.45, 7) is -0.495. The number of benzene rings is 2. The van der Waals surface area contributed by atoms with Gasteiger partial charge < -0.3 is 40.0 Å². The highest BCUT2D eigenvalue weighted by atomic mass is 16.5. The fourth-order valence-electron chi connectivity index (χ4n) is 9.86. The van der Waals surface area contributed by atoms with Crippen molar-refractivity contribution < 1.29 is 35.0 Å². The fraction of sp³-hybridized carbons (Fsp3) is 0.590. The van der Waals surface area contributed by atoms with Crippen LogP contribution in [0.4, 0.5) is 0 Å². The average molecular weight is 646 g/mol. The molecule has 4 aliphatic rings. The number of phenolic OH excluding ortho intramolecular Hbond substituents is 2. The number of rotatable bonds is 8. The van der Waals surface area contributed by atoms with Gasteiger partial charge in [0, 0.05) is 42.3 Å². The van der Waals surface area contributed by atoms with Gasteiger partial charge in [0.2, 0.25) is 5.75 Å². The number of aliphatic hydroxyl groups excluding tert-OH is 2. The number of nitrogens with one attached hydrogen (secondary N) is 1. The summed E-state index contributed by atoms with van der Waals surface area (Å²) in [5.74, 6) is 1.97. The summed E-state index contributed by atoms with van der Waals surface area (Å²) >= 11 is 0. The highest BCUT2D eigenvalue weighted by molar-refractivity contribution is 5.64. The second kappa shape index (κ2) is 13.7. The van der Waals surface area contributed by atoms with Gasteiger partial charge in [0.05, 0.1) is 32.0 Å². The average Bonchev–Trinajstić information content (AvgIpc) is 3.82. The first-order chi connectivity index (χ1) is 22.9. The molecule has 0 amide bonds. The molecule has 0 spiro atoms. The Bertz CT molecular complexity index is 1530. The summed E-state index contributed by atoms with van der Waals surface area (Å²) in [5, 5.41) is 54.8. The molecule has 7 atom stereocenters. The topological polar surface area (TPSA) is 135 Å². The summed E-state index contributed by atoms with van der Waals surface area (Å²) in [5.41, 5.74) is 4.67. The fourth-order valence-corrected chi connectivity index (χ4v) is 9.86. The lowest BCUT2D eigenvalue weighted by Crippen LogP contribution is -2.44. The molecule has 3 aromatic rings. The summed E-state index contributed by atoms with van der Waals surface area (Å²) in [6.07, 6.45) is 15.8. The van der Waals surface area contributed by atoms with Crippen molar-refractivity contribution in [3.63, 3.8) is 0 Å². The molecule has 1 aromatic heterocycles. The maximum absolute atomic E-state index is 11.5. The predicted octanol–water partition coefficient (Wildman–Crippen LogP) is 7.46. The van der Waals surface area contributed by atoms with E-state index in [1.807, 2.05) is 24.5 Å². The Morgan fingerprint density at radius 1 is 0.851 bits per heavy atom. The van der Waals surface area contributed by atoms with Gasteiger partial charge in [-0.15, -0.1) is 0 Å². The van der Waals surface area contributed by atoms with Crippen molar-refractivity contribution in [2.75, 3.05) is 7.11 Å². The first kappa shape index (κ1) is 32.4. The van der Waals surface area contributed by atoms with E-state index in [1.165, 1.54) is 57.6 Å². The zero-order valence-electron chi connectivity index (χ0n) is 27.5. The van der Waals surface area contributed by atoms with Gasteiger partial charge in [-0.05, 0) is 90.2 Å². The Kier molecular flexibility index (Phi) is 9.45. The van der Waals surface area contributed by atoms with Crippen LogP contribution in [0.25, 0.3) is 0 Å². The molecule has 6 N–H and O–H groups in total. The smallest absolute Gasteiger partial charge is 0.201 e. The molecule has 0 unspecified atom stereocenters. The maximum atomic E-state index is 11.5. The summed E-state index contributed by atoms with van der Waals surface area (Å²) in [7, 11) is 1.45. The number of hydrogen-bond acceptors (Lipinski definition) is 7. The van der Waals surface area contributed by atoms with E-state index >= 15 is 0 Å². The number of ether oxygens (including phenoxy) is 2. The predicted molar refractivity (Wildman–Crippen MR) is 179 cm³/mol. The molecular weight excluding hydrogens is 594 g/mol. The molecule has 0 radical (unpaired) electrons. The van der Waals surface area contributed by atoms with Crippen LogP contribution in [0.2, 0.25) is 0 Å². The lowest BCUT2D eigenvalue weighted by atomic mass is 9.70. The standard InChI is InChI=1S/C39H51NO7/c1-46-39-30(15-22-13-14-40-20-22)36(31(21-41)37(44)38(39)45)35-19-33(43)28-11-9-26(18-34(28)47-35)25-10-12-32(42)29(17-25)27-8-4-7-24(16-27)23-5-2-3-6-23/h10,12-14,17,20,23-24,26-28,33-35,40-45H,2-9,11,15-16,18-19,21H2,1H3/t24-,26+,27-,28-,33-,34-,35-/m0/s1. The Balaban J connectivity index is 1.15. The monoisotopic (exact) mass is 645 g/mol. The second-order valence-electron chi connectivity index (χ2n) is 14.8. The van der Waals surface area contributed by atoms with Crippen molar-refractivity contribution in [3.05, 3.63) is 70.0 Å². The SMILES string of the molecule is COc1c(O)c(O)c(CO)c([C@@H]2C[C@H](O)[C@@H]3CC[C@@H](c4ccc(O)c([C@H]5CCC[C@H](C6CCCC6)C5)c4)C[C@@H]3O2)c1Cc1cc[nH]c1. The van der Waals surface area contributed by atoms with Crippen molar-refractivity contribution in [2.45, 2.75) is 120 Å². The van der Waals surface area contributed by atoms with E-state index < -0.39 is 30.3 Å². The quantitative estimate of drug-likeness (QED) is 0.140. The minimum atomic E-state index is -0.613. The number of aromatic amines is 1. The number of aromatic nitrogens is 1. The van der Waals surface area contributed by atoms with Crippen LogP contribution in [-0.4, -0.2) is 49.8 Å². The molecule has 1 saturated heterocycles. The third kappa shape index (κ3) is 6.25. The molecule has 2 aromatic carbocycles. The van der Waals surface area contributed by atoms with Crippen LogP contribution in [0.3, 0.4) is 0 Å². The van der Waals surface area contributed by atoms with Gasteiger partial charge in [-0.1, -0.05) is 50.7 Å². The number of aliphatic hydroxyl groups is 2. The molecule has 1 aliphatic heterocycles. The molecule has 3 saturated carbocycles. The van der Waals surface area contributed by atoms with E-state index in [0.29, 0.717) is 35.6 Å². The number of hydrogen-bond donors (Lipinski definition) is 6. The summed E-state index contributed by atoms with van der Waals surface area (Å²) in [6, 6.07) is 8.15. The van der Waals surface area contributed by atoms with Crippen molar-refractivity contribution in [1.82, 2.24) is 4.98 Å². The van der Waals surface area contributed by atoms with Gasteiger partial charge in [0.25, 0.3) is 0 Å². The van der Waals surface area contributed by atoms with Crippen molar-refractivity contribution >= 4 is 0 Å². The number of methoxy groups -OCH3 is 1. The number of aromatic hydroxyl groups is 3. The van der Waals surface area contributed by atoms with Crippen LogP contribution in [0, 0.1) is 17.8 Å². The molecule has 8 nitrogen and oxygen atoms in total. The Labute approximate surface area is 277 Å². The molecule has 4 fully saturated rings. The number of fused-ring (bicyclic) bond motifs is 1. The van der Waals surface area contributed by atoms with Crippen LogP contribution in [0.1, 0.15) is 128 Å². The minimum Gasteiger partial charge on any atom is -0.508 e. The molecule has 2 heterocycles. The largest absolute Gasteiger partial charge is 0.508 e. The zero-order valence-corrected chi connectivity index (χ0v) is 27.5. The molecule has 0 bridgehead atoms. The van der Waals surface area contributed by atoms with Gasteiger partial charge in [-0.3, -0.25) is 0 Å². The Morgan fingerprint density at radius 3 is 2.40 bits per heavy atom. The maximum Gasteiger partial charge on any atom is 0.201 e. The summed E-state index contributed by atoms with van der Waals surface area (Å²) in [4.78, 5) is 3.06. The van der Waals surface area contributed by atoms with Crippen molar-refractivity contribution in [3.8, 4) is 23.0 Å². The molecule has 8 heteroatoms. The molecule has 47 heavy (non-hydrogen) atoms. The van der Waals surface area contributed by atoms with Gasteiger partial charge in [0.1, 0.15) is 5.75 Å². The molecule has 254 valence electrons. The van der Waals surface area contributed by atoms with Gasteiger partial charge in [-0.2, -0.15) is 0 Å². The van der Waals surface area contributed by atoms with Gasteiger partial charge >= 0.3 is 0 Å². The van der Waals surface area contributed by atoms with Crippen LogP contribution in [0.5, 0.6) is 23.0 Å². The second-order valence-corrected chi connectivity index (χ2v) is 14.8. The van der Waals surface area contributed by atoms with Crippen LogP contribution >= 0.6 is 0 Å². The lowest BCUT2D eigenvalue weighted by Gasteiger charge is -2.46. The highest BCUT2D eigenvalue weighted by Gasteiger charge is 2.44. The van der Waals surface area contributed by atoms with Crippen LogP contribution in [0.15, 0.2) is 36.7 Å². The molecular formula is C39H51NO7. The third-order valence-corrected chi connectivity index (χ3v) is 12.3. The van der Waals surface area contributed by atoms with E-state index in [4.69, 9.17) is 9.47 Å². The normalized spacial score (nSPS) is 29.9. The first-order valence-electron chi connectivity index (χ1n) is 17.9. The summed E-state index contributed by atoms with van der Waals surface area (Å²) < 4.78 is 12.5. The van der Waals surface area contributed by atoms with E-state index in [1.54, 1.807) is 0 Å². The van der Waals surface area contributed by atoms with Gasteiger partial charge in [-0.25, -0.2) is 0 Å². The molecule has 7 rings (SSSR count). The van der Waals surface area contributed by atoms with Gasteiger partial charge in [0.15, 0.2) is 11.5 Å². The van der Waals surface area contributed by atoms with E-state index in [2.05, 4.69) is 17.1 Å². The third-order valence-electron chi connectivity index (χ3n) is 12.3. The Morgan fingerprint density at radius 2 is 1.66 bits per heavy atom. The minimum absolute atomic E-state index is 0.0112. The van der Waals surface area contributed by atoms with E-state index in [0.717, 1.165) is 48.6 Å². The first-order valence-corrected chi connectivity index (χ1v) is 17.9. The number of H-pyrrole nitrogens is 1. The van der Waals surface area contributed by atoms with Crippen molar-refractivity contribution in [2.24, 2.45) is 17.8 Å². The van der Waals surface area contributed by atoms with Crippen molar-refractivity contribution in [1.29, 1.82) is 0 Å². The Hall–Kier alpha value is -3.20. The molecule has 3 aliphatic carbocycles. The van der Waals surface area contributed by atoms with E-state index in [9.17, 15) is 25.5 Å². The zero-order chi connectivity index (χ0) is 32.7.